The Balaban J connectivity index is 1.46. The van der Waals surface area contributed by atoms with Gasteiger partial charge in [0.25, 0.3) is 5.56 Å². The lowest BCUT2D eigenvalue weighted by molar-refractivity contribution is -0.144. The van der Waals surface area contributed by atoms with Gasteiger partial charge in [0.15, 0.2) is 11.5 Å². The Kier molecular flexibility index (Phi) is 5.40. The van der Waals surface area contributed by atoms with Crippen LogP contribution < -0.4 is 15.0 Å². The van der Waals surface area contributed by atoms with Gasteiger partial charge >= 0.3 is 5.97 Å². The number of para-hydroxylation sites is 1. The van der Waals surface area contributed by atoms with Crippen LogP contribution >= 0.6 is 11.6 Å². The zero-order valence-corrected chi connectivity index (χ0v) is 16.5. The average molecular weight is 415 g/mol. The van der Waals surface area contributed by atoms with Crippen LogP contribution in [0, 0.1) is 6.92 Å². The smallest absolute Gasteiger partial charge is 0.310 e. The number of H-pyrrole nitrogens is 1. The number of esters is 1. The maximum Gasteiger partial charge on any atom is 0.310 e. The van der Waals surface area contributed by atoms with Gasteiger partial charge in [0.1, 0.15) is 12.4 Å². The number of aryl methyl sites for hydroxylation is 1. The molecule has 1 aliphatic rings. The number of aromatic nitrogens is 2. The molecular formula is C21H19ClN2O5. The van der Waals surface area contributed by atoms with E-state index in [-0.39, 0.29) is 18.6 Å². The topological polar surface area (TPSA) is 90.5 Å². The summed E-state index contributed by atoms with van der Waals surface area (Å²) < 4.78 is 16.5. The number of hydrogen-bond acceptors (Lipinski definition) is 6. The van der Waals surface area contributed by atoms with Gasteiger partial charge in [-0.15, -0.1) is 0 Å². The van der Waals surface area contributed by atoms with Crippen molar-refractivity contribution in [2.24, 2.45) is 0 Å². The summed E-state index contributed by atoms with van der Waals surface area (Å²) in [6.45, 7) is 2.80. The number of carbonyl (C=O) groups is 1. The van der Waals surface area contributed by atoms with Gasteiger partial charge < -0.3 is 19.2 Å². The van der Waals surface area contributed by atoms with Gasteiger partial charge in [0, 0.05) is 6.42 Å². The highest BCUT2D eigenvalue weighted by Crippen LogP contribution is 2.38. The lowest BCUT2D eigenvalue weighted by Gasteiger charge is -2.11. The first-order chi connectivity index (χ1) is 14.0. The molecule has 0 unspecified atom stereocenters. The molecule has 2 heterocycles. The fourth-order valence-corrected chi connectivity index (χ4v) is 3.46. The summed E-state index contributed by atoms with van der Waals surface area (Å²) in [6.07, 6.45) is 0.770. The molecule has 3 aromatic rings. The molecule has 0 saturated heterocycles. The summed E-state index contributed by atoms with van der Waals surface area (Å²) in [7, 11) is 0. The van der Waals surface area contributed by atoms with Gasteiger partial charge in [-0.05, 0) is 36.2 Å². The molecule has 29 heavy (non-hydrogen) atoms. The van der Waals surface area contributed by atoms with Crippen LogP contribution in [-0.2, 0) is 22.6 Å². The van der Waals surface area contributed by atoms with Crippen molar-refractivity contribution in [3.05, 3.63) is 62.7 Å². The molecule has 7 nitrogen and oxygen atoms in total. The third-order valence-corrected chi connectivity index (χ3v) is 4.85. The maximum absolute atomic E-state index is 12.3. The molecule has 0 spiro atoms. The van der Waals surface area contributed by atoms with E-state index < -0.39 is 5.97 Å². The van der Waals surface area contributed by atoms with Crippen LogP contribution in [0.3, 0.4) is 0 Å². The first-order valence-electron chi connectivity index (χ1n) is 9.23. The minimum Gasteiger partial charge on any atom is -0.489 e. The van der Waals surface area contributed by atoms with E-state index in [1.54, 1.807) is 24.3 Å². The monoisotopic (exact) mass is 414 g/mol. The Hall–Kier alpha value is -3.06. The number of halogens is 1. The summed E-state index contributed by atoms with van der Waals surface area (Å²) in [5, 5.41) is 0.894. The van der Waals surface area contributed by atoms with Gasteiger partial charge in [-0.1, -0.05) is 23.7 Å². The summed E-state index contributed by atoms with van der Waals surface area (Å²) in [5.41, 5.74) is 1.86. The number of ether oxygens (including phenoxy) is 3. The molecule has 0 fully saturated rings. The second kappa shape index (κ2) is 8.13. The van der Waals surface area contributed by atoms with Crippen molar-refractivity contribution in [2.75, 3.05) is 13.2 Å². The molecule has 0 radical (unpaired) electrons. The standard InChI is InChI=1S/C21H19ClN2O5/c1-12-4-2-5-14-19(12)23-17(24-21(14)26)11-29-18(25)10-13-8-15(22)20-16(9-13)27-6-3-7-28-20/h2,4-5,8-9H,3,6-7,10-11H2,1H3,(H,23,24,26). The Morgan fingerprint density at radius 2 is 2.10 bits per heavy atom. The summed E-state index contributed by atoms with van der Waals surface area (Å²) >= 11 is 6.26. The van der Waals surface area contributed by atoms with E-state index in [2.05, 4.69) is 9.97 Å². The van der Waals surface area contributed by atoms with Crippen LogP contribution in [-0.4, -0.2) is 29.2 Å². The van der Waals surface area contributed by atoms with Gasteiger partial charge in [-0.3, -0.25) is 9.59 Å². The van der Waals surface area contributed by atoms with Crippen molar-refractivity contribution in [2.45, 2.75) is 26.4 Å². The highest BCUT2D eigenvalue weighted by atomic mass is 35.5. The third-order valence-electron chi connectivity index (χ3n) is 4.57. The van der Waals surface area contributed by atoms with E-state index in [4.69, 9.17) is 25.8 Å². The van der Waals surface area contributed by atoms with E-state index in [1.807, 2.05) is 13.0 Å². The van der Waals surface area contributed by atoms with Gasteiger partial charge in [-0.25, -0.2) is 4.98 Å². The van der Waals surface area contributed by atoms with Crippen molar-refractivity contribution in [3.8, 4) is 11.5 Å². The van der Waals surface area contributed by atoms with E-state index in [9.17, 15) is 9.59 Å². The lowest BCUT2D eigenvalue weighted by Crippen LogP contribution is -2.15. The molecule has 0 bridgehead atoms. The van der Waals surface area contributed by atoms with E-state index in [0.29, 0.717) is 52.0 Å². The fourth-order valence-electron chi connectivity index (χ4n) is 3.17. The minimum atomic E-state index is -0.469. The van der Waals surface area contributed by atoms with Crippen molar-refractivity contribution >= 4 is 28.5 Å². The van der Waals surface area contributed by atoms with Crippen molar-refractivity contribution in [1.82, 2.24) is 9.97 Å². The molecule has 0 amide bonds. The Morgan fingerprint density at radius 1 is 1.28 bits per heavy atom. The zero-order valence-electron chi connectivity index (χ0n) is 15.8. The summed E-state index contributed by atoms with van der Waals surface area (Å²) in [4.78, 5) is 31.6. The molecule has 0 saturated carbocycles. The molecular weight excluding hydrogens is 396 g/mol. The predicted molar refractivity (Wildman–Crippen MR) is 108 cm³/mol. The van der Waals surface area contributed by atoms with Gasteiger partial charge in [-0.2, -0.15) is 0 Å². The normalized spacial score (nSPS) is 13.2. The highest BCUT2D eigenvalue weighted by molar-refractivity contribution is 6.32. The lowest BCUT2D eigenvalue weighted by atomic mass is 10.1. The number of fused-ring (bicyclic) bond motifs is 2. The SMILES string of the molecule is Cc1cccc2c(=O)[nH]c(COC(=O)Cc3cc(Cl)c4c(c3)OCCCO4)nc12. The second-order valence-corrected chi connectivity index (χ2v) is 7.18. The van der Waals surface area contributed by atoms with E-state index >= 15 is 0 Å². The van der Waals surface area contributed by atoms with Crippen molar-refractivity contribution < 1.29 is 19.0 Å². The van der Waals surface area contributed by atoms with Crippen LogP contribution in [0.5, 0.6) is 11.5 Å². The number of nitrogens with one attached hydrogen (secondary N) is 1. The second-order valence-electron chi connectivity index (χ2n) is 6.78. The number of rotatable bonds is 4. The first-order valence-corrected chi connectivity index (χ1v) is 9.61. The molecule has 1 aliphatic heterocycles. The zero-order chi connectivity index (χ0) is 20.4. The molecule has 2 aromatic carbocycles. The molecule has 0 aliphatic carbocycles. The van der Waals surface area contributed by atoms with Crippen molar-refractivity contribution in [3.63, 3.8) is 0 Å². The number of carbonyl (C=O) groups excluding carboxylic acids is 1. The van der Waals surface area contributed by atoms with Crippen LogP contribution in [0.15, 0.2) is 35.1 Å². The largest absolute Gasteiger partial charge is 0.489 e. The molecule has 1 aromatic heterocycles. The number of hydrogen-bond donors (Lipinski definition) is 1. The average Bonchev–Trinajstić information content (AvgIpc) is 2.93. The minimum absolute atomic E-state index is 0.00714. The number of nitrogens with zero attached hydrogens (tertiary/aromatic N) is 1. The highest BCUT2D eigenvalue weighted by Gasteiger charge is 2.17. The Labute approximate surface area is 171 Å². The fraction of sp³-hybridized carbons (Fsp3) is 0.286. The Bertz CT molecular complexity index is 1140. The molecule has 1 N–H and O–H groups in total. The molecule has 4 rings (SSSR count). The van der Waals surface area contributed by atoms with Crippen LogP contribution in [0.4, 0.5) is 0 Å². The molecule has 150 valence electrons. The van der Waals surface area contributed by atoms with Crippen molar-refractivity contribution in [1.29, 1.82) is 0 Å². The first kappa shape index (κ1) is 19.3. The van der Waals surface area contributed by atoms with Gasteiger partial charge in [0.2, 0.25) is 0 Å². The number of benzene rings is 2. The third kappa shape index (κ3) is 4.19. The van der Waals surface area contributed by atoms with Crippen LogP contribution in [0.1, 0.15) is 23.4 Å². The van der Waals surface area contributed by atoms with E-state index in [1.165, 1.54) is 0 Å². The molecule has 8 heteroatoms. The van der Waals surface area contributed by atoms with Crippen LogP contribution in [0.25, 0.3) is 10.9 Å². The quantitative estimate of drug-likeness (QED) is 0.658. The van der Waals surface area contributed by atoms with Gasteiger partial charge in [0.05, 0.1) is 35.6 Å². The molecule has 0 atom stereocenters. The number of aromatic amines is 1. The maximum atomic E-state index is 12.3. The predicted octanol–water partition coefficient (Wildman–Crippen LogP) is 3.33. The summed E-state index contributed by atoms with van der Waals surface area (Å²) in [6, 6.07) is 8.77. The summed E-state index contributed by atoms with van der Waals surface area (Å²) in [5.74, 6) is 0.841. The van der Waals surface area contributed by atoms with E-state index in [0.717, 1.165) is 12.0 Å². The Morgan fingerprint density at radius 3 is 2.97 bits per heavy atom. The van der Waals surface area contributed by atoms with Crippen LogP contribution in [0.2, 0.25) is 5.02 Å².